The molecular weight excluding hydrogens is 373 g/mol. The van der Waals surface area contributed by atoms with Crippen molar-refractivity contribution < 1.29 is 18.7 Å². The fourth-order valence-electron chi connectivity index (χ4n) is 3.22. The van der Waals surface area contributed by atoms with E-state index in [9.17, 15) is 9.18 Å². The Bertz CT molecular complexity index is 1200. The van der Waals surface area contributed by atoms with Crippen molar-refractivity contribution in [3.05, 3.63) is 83.6 Å². The molecule has 0 saturated carbocycles. The lowest BCUT2D eigenvalue weighted by atomic mass is 10.0. The third kappa shape index (κ3) is 3.67. The molecule has 29 heavy (non-hydrogen) atoms. The number of nitrogens with zero attached hydrogens (tertiary/aromatic N) is 3. The highest BCUT2D eigenvalue weighted by Gasteiger charge is 2.17. The van der Waals surface area contributed by atoms with Crippen molar-refractivity contribution in [1.29, 1.82) is 0 Å². The molecular formula is C22H18FN3O3. The molecule has 4 aromatic rings. The lowest BCUT2D eigenvalue weighted by Crippen LogP contribution is -2.06. The average molecular weight is 391 g/mol. The maximum Gasteiger partial charge on any atom is 0.356 e. The third-order valence-corrected chi connectivity index (χ3v) is 4.60. The molecule has 0 atom stereocenters. The zero-order chi connectivity index (χ0) is 20.4. The van der Waals surface area contributed by atoms with Crippen molar-refractivity contribution in [2.24, 2.45) is 0 Å². The summed E-state index contributed by atoms with van der Waals surface area (Å²) < 4.78 is 25.6. The number of rotatable bonds is 5. The predicted octanol–water partition coefficient (Wildman–Crippen LogP) is 3.92. The smallest absolute Gasteiger partial charge is 0.356 e. The number of ether oxygens (including phenoxy) is 2. The monoisotopic (exact) mass is 391 g/mol. The van der Waals surface area contributed by atoms with E-state index in [2.05, 4.69) is 10.1 Å². The van der Waals surface area contributed by atoms with Crippen molar-refractivity contribution >= 4 is 11.5 Å². The van der Waals surface area contributed by atoms with Gasteiger partial charge in [-0.1, -0.05) is 18.2 Å². The van der Waals surface area contributed by atoms with Gasteiger partial charge in [0, 0.05) is 23.2 Å². The van der Waals surface area contributed by atoms with Gasteiger partial charge in [-0.3, -0.25) is 0 Å². The number of halogens is 1. The number of carbonyl (C=O) groups is 1. The van der Waals surface area contributed by atoms with Gasteiger partial charge in [-0.2, -0.15) is 5.10 Å². The Morgan fingerprint density at radius 3 is 2.69 bits per heavy atom. The van der Waals surface area contributed by atoms with Crippen LogP contribution in [0.1, 0.15) is 21.7 Å². The SMILES string of the molecule is COC(=O)c1cccc(Cc2c(-c3cccc(F)c3)nn3cc(OC)ccc23)n1. The number of pyridine rings is 2. The molecule has 0 aliphatic carbocycles. The summed E-state index contributed by atoms with van der Waals surface area (Å²) in [5.41, 5.74) is 3.92. The second-order valence-corrected chi connectivity index (χ2v) is 6.42. The molecule has 0 unspecified atom stereocenters. The normalized spacial score (nSPS) is 10.9. The van der Waals surface area contributed by atoms with Gasteiger partial charge < -0.3 is 9.47 Å². The van der Waals surface area contributed by atoms with Gasteiger partial charge in [-0.05, 0) is 36.4 Å². The summed E-state index contributed by atoms with van der Waals surface area (Å²) in [4.78, 5) is 16.2. The van der Waals surface area contributed by atoms with Crippen molar-refractivity contribution in [3.63, 3.8) is 0 Å². The second-order valence-electron chi connectivity index (χ2n) is 6.42. The van der Waals surface area contributed by atoms with Crippen LogP contribution < -0.4 is 4.74 Å². The van der Waals surface area contributed by atoms with Crippen LogP contribution in [0.15, 0.2) is 60.8 Å². The molecule has 0 saturated heterocycles. The highest BCUT2D eigenvalue weighted by molar-refractivity contribution is 5.87. The van der Waals surface area contributed by atoms with Gasteiger partial charge in [0.05, 0.1) is 31.6 Å². The van der Waals surface area contributed by atoms with Crippen molar-refractivity contribution in [2.75, 3.05) is 14.2 Å². The molecule has 3 aromatic heterocycles. The zero-order valence-electron chi connectivity index (χ0n) is 15.9. The molecule has 0 radical (unpaired) electrons. The Morgan fingerprint density at radius 2 is 1.93 bits per heavy atom. The first-order valence-electron chi connectivity index (χ1n) is 8.94. The number of methoxy groups -OCH3 is 2. The van der Waals surface area contributed by atoms with E-state index in [1.807, 2.05) is 24.3 Å². The highest BCUT2D eigenvalue weighted by Crippen LogP contribution is 2.29. The molecule has 0 aliphatic heterocycles. The molecule has 0 amide bonds. The van der Waals surface area contributed by atoms with E-state index in [1.165, 1.54) is 19.2 Å². The molecule has 0 bridgehead atoms. The van der Waals surface area contributed by atoms with Gasteiger partial charge >= 0.3 is 5.97 Å². The fraction of sp³-hybridized carbons (Fsp3) is 0.136. The largest absolute Gasteiger partial charge is 0.495 e. The predicted molar refractivity (Wildman–Crippen MR) is 106 cm³/mol. The van der Waals surface area contributed by atoms with E-state index in [0.29, 0.717) is 29.1 Å². The Kier molecular flexibility index (Phi) is 4.95. The number of aromatic nitrogens is 3. The molecule has 3 heterocycles. The standard InChI is InChI=1S/C22H18FN3O3/c1-28-17-9-10-20-18(12-16-7-4-8-19(24-16)22(27)29-2)21(25-26(20)13-17)14-5-3-6-15(23)11-14/h3-11,13H,12H2,1-2H3. The van der Waals surface area contributed by atoms with E-state index < -0.39 is 5.97 Å². The minimum absolute atomic E-state index is 0.232. The van der Waals surface area contributed by atoms with Gasteiger partial charge in [0.25, 0.3) is 0 Å². The van der Waals surface area contributed by atoms with E-state index in [-0.39, 0.29) is 11.5 Å². The lowest BCUT2D eigenvalue weighted by molar-refractivity contribution is 0.0593. The molecule has 7 heteroatoms. The number of esters is 1. The van der Waals surface area contributed by atoms with Crippen LogP contribution >= 0.6 is 0 Å². The van der Waals surface area contributed by atoms with Gasteiger partial charge in [-0.25, -0.2) is 18.7 Å². The number of carbonyl (C=O) groups excluding carboxylic acids is 1. The van der Waals surface area contributed by atoms with Crippen LogP contribution in [0.25, 0.3) is 16.8 Å². The van der Waals surface area contributed by atoms with Crippen molar-refractivity contribution in [1.82, 2.24) is 14.6 Å². The molecule has 0 fully saturated rings. The van der Waals surface area contributed by atoms with Crippen LogP contribution in [-0.4, -0.2) is 34.8 Å². The minimum Gasteiger partial charge on any atom is -0.495 e. The van der Waals surface area contributed by atoms with Crippen LogP contribution in [0.3, 0.4) is 0 Å². The molecule has 6 nitrogen and oxygen atoms in total. The maximum atomic E-state index is 13.8. The van der Waals surface area contributed by atoms with E-state index in [0.717, 1.165) is 11.1 Å². The van der Waals surface area contributed by atoms with Crippen molar-refractivity contribution in [2.45, 2.75) is 6.42 Å². The van der Waals surface area contributed by atoms with E-state index in [4.69, 9.17) is 9.47 Å². The summed E-state index contributed by atoms with van der Waals surface area (Å²) in [6, 6.07) is 15.2. The van der Waals surface area contributed by atoms with Crippen LogP contribution in [0.4, 0.5) is 4.39 Å². The number of hydrogen-bond donors (Lipinski definition) is 0. The average Bonchev–Trinajstić information content (AvgIpc) is 3.10. The van der Waals surface area contributed by atoms with Gasteiger partial charge in [0.2, 0.25) is 0 Å². The van der Waals surface area contributed by atoms with Gasteiger partial charge in [0.15, 0.2) is 0 Å². The zero-order valence-corrected chi connectivity index (χ0v) is 15.9. The van der Waals surface area contributed by atoms with Crippen molar-refractivity contribution in [3.8, 4) is 17.0 Å². The molecule has 0 aliphatic rings. The van der Waals surface area contributed by atoms with Crippen LogP contribution in [0.2, 0.25) is 0 Å². The first-order valence-corrected chi connectivity index (χ1v) is 8.94. The summed E-state index contributed by atoms with van der Waals surface area (Å²) in [6.07, 6.45) is 2.17. The number of benzene rings is 1. The third-order valence-electron chi connectivity index (χ3n) is 4.60. The van der Waals surface area contributed by atoms with Gasteiger partial charge in [-0.15, -0.1) is 0 Å². The van der Waals surface area contributed by atoms with E-state index >= 15 is 0 Å². The van der Waals surface area contributed by atoms with Crippen LogP contribution in [0.5, 0.6) is 5.75 Å². The van der Waals surface area contributed by atoms with E-state index in [1.54, 1.807) is 36.0 Å². The fourth-order valence-corrected chi connectivity index (χ4v) is 3.22. The molecule has 1 aromatic carbocycles. The Balaban J connectivity index is 1.86. The maximum absolute atomic E-state index is 13.8. The minimum atomic E-state index is -0.498. The van der Waals surface area contributed by atoms with Crippen LogP contribution in [-0.2, 0) is 11.2 Å². The van der Waals surface area contributed by atoms with Gasteiger partial charge in [0.1, 0.15) is 17.3 Å². The second kappa shape index (κ2) is 7.71. The molecule has 0 N–H and O–H groups in total. The molecule has 0 spiro atoms. The van der Waals surface area contributed by atoms with Crippen LogP contribution in [0, 0.1) is 5.82 Å². The highest BCUT2D eigenvalue weighted by atomic mass is 19.1. The summed E-state index contributed by atoms with van der Waals surface area (Å²) in [5, 5.41) is 4.65. The summed E-state index contributed by atoms with van der Waals surface area (Å²) >= 11 is 0. The molecule has 4 rings (SSSR count). The first-order chi connectivity index (χ1) is 14.1. The summed E-state index contributed by atoms with van der Waals surface area (Å²) in [5.74, 6) is -0.182. The summed E-state index contributed by atoms with van der Waals surface area (Å²) in [6.45, 7) is 0. The quantitative estimate of drug-likeness (QED) is 0.483. The Labute approximate surface area is 166 Å². The topological polar surface area (TPSA) is 65.7 Å². The Morgan fingerprint density at radius 1 is 1.10 bits per heavy atom. The molecule has 146 valence electrons. The number of fused-ring (bicyclic) bond motifs is 1. The Hall–Kier alpha value is -3.74. The lowest BCUT2D eigenvalue weighted by Gasteiger charge is -2.06. The number of hydrogen-bond acceptors (Lipinski definition) is 5. The first kappa shape index (κ1) is 18.6. The summed E-state index contributed by atoms with van der Waals surface area (Å²) in [7, 11) is 2.90.